The summed E-state index contributed by atoms with van der Waals surface area (Å²) in [5.41, 5.74) is 2.45. The summed E-state index contributed by atoms with van der Waals surface area (Å²) in [6, 6.07) is 12.1. The molecule has 1 aliphatic heterocycles. The Balaban J connectivity index is 1.35. The summed E-state index contributed by atoms with van der Waals surface area (Å²) in [6.07, 6.45) is 5.78. The molecule has 1 aromatic carbocycles. The first kappa shape index (κ1) is 20.2. The van der Waals surface area contributed by atoms with Gasteiger partial charge in [0.2, 0.25) is 5.88 Å². The van der Waals surface area contributed by atoms with Crippen molar-refractivity contribution in [2.75, 3.05) is 33.4 Å². The van der Waals surface area contributed by atoms with E-state index in [1.165, 1.54) is 43.5 Å². The van der Waals surface area contributed by atoms with E-state index in [0.717, 1.165) is 18.8 Å². The normalized spacial score (nSPS) is 14.2. The van der Waals surface area contributed by atoms with Crippen molar-refractivity contribution < 1.29 is 9.47 Å². The first-order chi connectivity index (χ1) is 13.8. The van der Waals surface area contributed by atoms with Gasteiger partial charge >= 0.3 is 0 Å². The standard InChI is InChI=1S/C23H29N3O2/c1-27-22-9-7-20(8-10-22)18-24-12-3-6-16-28-23-17-21(11-13-25-23)19-26-14-4-2-5-15-26/h7-11,13,17,24H,2,4-5,12,14-16,18-19H2,1H3. The van der Waals surface area contributed by atoms with Crippen LogP contribution in [-0.4, -0.2) is 43.2 Å². The number of piperidine rings is 1. The number of hydrogen-bond donors (Lipinski definition) is 1. The van der Waals surface area contributed by atoms with E-state index in [0.29, 0.717) is 19.0 Å². The molecule has 0 atom stereocenters. The van der Waals surface area contributed by atoms with Gasteiger partial charge in [-0.15, -0.1) is 0 Å². The Morgan fingerprint density at radius 3 is 2.64 bits per heavy atom. The summed E-state index contributed by atoms with van der Waals surface area (Å²) in [6.45, 7) is 5.10. The van der Waals surface area contributed by atoms with Gasteiger partial charge < -0.3 is 14.8 Å². The SMILES string of the molecule is COc1ccc(CNCC#CCOc2cc(CN3CCCCC3)ccn2)cc1. The van der Waals surface area contributed by atoms with Crippen LogP contribution < -0.4 is 14.8 Å². The minimum atomic E-state index is 0.352. The molecule has 1 aliphatic rings. The fourth-order valence-corrected chi connectivity index (χ4v) is 3.24. The van der Waals surface area contributed by atoms with Crippen molar-refractivity contribution in [1.82, 2.24) is 15.2 Å². The van der Waals surface area contributed by atoms with Crippen LogP contribution in [-0.2, 0) is 13.1 Å². The van der Waals surface area contributed by atoms with Crippen LogP contribution in [0.3, 0.4) is 0 Å². The van der Waals surface area contributed by atoms with Crippen molar-refractivity contribution in [1.29, 1.82) is 0 Å². The van der Waals surface area contributed by atoms with Crippen LogP contribution in [0, 0.1) is 11.8 Å². The molecule has 0 radical (unpaired) electrons. The van der Waals surface area contributed by atoms with Gasteiger partial charge in [-0.05, 0) is 55.3 Å². The molecule has 1 N–H and O–H groups in total. The van der Waals surface area contributed by atoms with Gasteiger partial charge in [-0.3, -0.25) is 4.90 Å². The predicted octanol–water partition coefficient (Wildman–Crippen LogP) is 3.25. The predicted molar refractivity (Wildman–Crippen MR) is 111 cm³/mol. The third-order valence-corrected chi connectivity index (χ3v) is 4.77. The van der Waals surface area contributed by atoms with Crippen LogP contribution in [0.5, 0.6) is 11.6 Å². The molecule has 0 amide bonds. The zero-order chi connectivity index (χ0) is 19.4. The van der Waals surface area contributed by atoms with Gasteiger partial charge in [0, 0.05) is 25.4 Å². The Kier molecular flexibility index (Phi) is 8.17. The molecule has 0 spiro atoms. The Labute approximate surface area is 168 Å². The number of benzene rings is 1. The first-order valence-corrected chi connectivity index (χ1v) is 9.93. The number of rotatable bonds is 8. The van der Waals surface area contributed by atoms with Gasteiger partial charge in [-0.1, -0.05) is 30.4 Å². The fraction of sp³-hybridized carbons (Fsp3) is 0.435. The number of aromatic nitrogens is 1. The van der Waals surface area contributed by atoms with Crippen LogP contribution in [0.25, 0.3) is 0 Å². The van der Waals surface area contributed by atoms with E-state index in [4.69, 9.17) is 9.47 Å². The molecule has 0 saturated carbocycles. The monoisotopic (exact) mass is 379 g/mol. The molecule has 2 aromatic rings. The summed E-state index contributed by atoms with van der Waals surface area (Å²) in [5, 5.41) is 3.30. The maximum absolute atomic E-state index is 5.68. The molecule has 1 aromatic heterocycles. The van der Waals surface area contributed by atoms with Crippen molar-refractivity contribution >= 4 is 0 Å². The lowest BCUT2D eigenvalue weighted by Crippen LogP contribution is -2.29. The summed E-state index contributed by atoms with van der Waals surface area (Å²) in [5.74, 6) is 7.63. The first-order valence-electron chi connectivity index (χ1n) is 9.93. The van der Waals surface area contributed by atoms with Gasteiger partial charge in [-0.2, -0.15) is 0 Å². The molecule has 3 rings (SSSR count). The largest absolute Gasteiger partial charge is 0.497 e. The van der Waals surface area contributed by atoms with Crippen LogP contribution >= 0.6 is 0 Å². The van der Waals surface area contributed by atoms with Crippen LogP contribution in [0.4, 0.5) is 0 Å². The Bertz CT molecular complexity index is 774. The van der Waals surface area contributed by atoms with Crippen molar-refractivity contribution in [3.8, 4) is 23.5 Å². The minimum absolute atomic E-state index is 0.352. The number of pyridine rings is 1. The van der Waals surface area contributed by atoms with Crippen molar-refractivity contribution in [2.24, 2.45) is 0 Å². The highest BCUT2D eigenvalue weighted by molar-refractivity contribution is 5.27. The second-order valence-corrected chi connectivity index (χ2v) is 6.93. The number of nitrogens with zero attached hydrogens (tertiary/aromatic N) is 2. The summed E-state index contributed by atoms with van der Waals surface area (Å²) < 4.78 is 10.8. The maximum Gasteiger partial charge on any atom is 0.214 e. The van der Waals surface area contributed by atoms with Gasteiger partial charge in [0.15, 0.2) is 6.61 Å². The van der Waals surface area contributed by atoms with Gasteiger partial charge in [0.05, 0.1) is 13.7 Å². The molecule has 1 saturated heterocycles. The highest BCUT2D eigenvalue weighted by Crippen LogP contribution is 2.15. The molecule has 5 nitrogen and oxygen atoms in total. The topological polar surface area (TPSA) is 46.6 Å². The lowest BCUT2D eigenvalue weighted by Gasteiger charge is -2.26. The quantitative estimate of drug-likeness (QED) is 0.564. The zero-order valence-electron chi connectivity index (χ0n) is 16.6. The molecule has 0 aliphatic carbocycles. The molecule has 148 valence electrons. The molecule has 0 bridgehead atoms. The minimum Gasteiger partial charge on any atom is -0.497 e. The zero-order valence-corrected chi connectivity index (χ0v) is 16.6. The molecular formula is C23H29N3O2. The lowest BCUT2D eigenvalue weighted by molar-refractivity contribution is 0.220. The molecule has 1 fully saturated rings. The van der Waals surface area contributed by atoms with E-state index in [2.05, 4.69) is 33.1 Å². The van der Waals surface area contributed by atoms with Gasteiger partial charge in [0.25, 0.3) is 0 Å². The average Bonchev–Trinajstić information content (AvgIpc) is 2.74. The number of nitrogens with one attached hydrogen (secondary N) is 1. The van der Waals surface area contributed by atoms with Crippen LogP contribution in [0.1, 0.15) is 30.4 Å². The van der Waals surface area contributed by atoms with Gasteiger partial charge in [-0.25, -0.2) is 4.98 Å². The van der Waals surface area contributed by atoms with E-state index in [1.807, 2.05) is 36.5 Å². The van der Waals surface area contributed by atoms with E-state index in [-0.39, 0.29) is 0 Å². The third-order valence-electron chi connectivity index (χ3n) is 4.77. The average molecular weight is 380 g/mol. The molecular weight excluding hydrogens is 350 g/mol. The Hall–Kier alpha value is -2.55. The molecule has 0 unspecified atom stereocenters. The number of likely N-dealkylation sites (tertiary alicyclic amines) is 1. The van der Waals surface area contributed by atoms with Crippen molar-refractivity contribution in [3.05, 3.63) is 53.7 Å². The Morgan fingerprint density at radius 2 is 1.86 bits per heavy atom. The maximum atomic E-state index is 5.68. The van der Waals surface area contributed by atoms with Crippen LogP contribution in [0.2, 0.25) is 0 Å². The van der Waals surface area contributed by atoms with Crippen molar-refractivity contribution in [3.63, 3.8) is 0 Å². The fourth-order valence-electron chi connectivity index (χ4n) is 3.24. The van der Waals surface area contributed by atoms with Crippen molar-refractivity contribution in [2.45, 2.75) is 32.4 Å². The number of methoxy groups -OCH3 is 1. The molecule has 5 heteroatoms. The lowest BCUT2D eigenvalue weighted by atomic mass is 10.1. The smallest absolute Gasteiger partial charge is 0.214 e. The van der Waals surface area contributed by atoms with E-state index in [9.17, 15) is 0 Å². The number of hydrogen-bond acceptors (Lipinski definition) is 5. The Morgan fingerprint density at radius 1 is 1.04 bits per heavy atom. The molecule has 28 heavy (non-hydrogen) atoms. The van der Waals surface area contributed by atoms with E-state index >= 15 is 0 Å². The second-order valence-electron chi connectivity index (χ2n) is 6.93. The van der Waals surface area contributed by atoms with Gasteiger partial charge in [0.1, 0.15) is 5.75 Å². The van der Waals surface area contributed by atoms with E-state index < -0.39 is 0 Å². The summed E-state index contributed by atoms with van der Waals surface area (Å²) >= 11 is 0. The third kappa shape index (κ3) is 6.88. The van der Waals surface area contributed by atoms with E-state index in [1.54, 1.807) is 7.11 Å². The molecule has 2 heterocycles. The summed E-state index contributed by atoms with van der Waals surface area (Å²) in [4.78, 5) is 6.78. The highest BCUT2D eigenvalue weighted by Gasteiger charge is 2.10. The number of ether oxygens (including phenoxy) is 2. The highest BCUT2D eigenvalue weighted by atomic mass is 16.5. The summed E-state index contributed by atoms with van der Waals surface area (Å²) in [7, 11) is 1.67. The van der Waals surface area contributed by atoms with Crippen LogP contribution in [0.15, 0.2) is 42.6 Å². The second kappa shape index (κ2) is 11.3.